The molecule has 0 unspecified atom stereocenters. The summed E-state index contributed by atoms with van der Waals surface area (Å²) < 4.78 is 57.4. The molecule has 0 saturated carbocycles. The van der Waals surface area contributed by atoms with Crippen LogP contribution in [0.25, 0.3) is 0 Å². The molecule has 9 heteroatoms. The fourth-order valence-corrected chi connectivity index (χ4v) is 3.68. The maximum atomic E-state index is 13.5. The summed E-state index contributed by atoms with van der Waals surface area (Å²) in [6.45, 7) is 0. The number of benzene rings is 1. The van der Waals surface area contributed by atoms with Crippen LogP contribution in [-0.2, 0) is 9.53 Å². The first-order chi connectivity index (χ1) is 8.88. The van der Waals surface area contributed by atoms with Crippen LogP contribution in [0, 0.1) is 23.3 Å². The molecule has 19 heavy (non-hydrogen) atoms. The molecule has 3 nitrogen and oxygen atoms in total. The van der Waals surface area contributed by atoms with Crippen molar-refractivity contribution in [2.45, 2.75) is 9.79 Å². The van der Waals surface area contributed by atoms with Crippen molar-refractivity contribution >= 4 is 29.5 Å². The molecule has 1 aliphatic rings. The number of halogens is 4. The lowest BCUT2D eigenvalue weighted by Crippen LogP contribution is -2.13. The number of methoxy groups -OCH3 is 1. The molecule has 0 saturated heterocycles. The van der Waals surface area contributed by atoms with Crippen molar-refractivity contribution < 1.29 is 27.1 Å². The van der Waals surface area contributed by atoms with Crippen molar-refractivity contribution in [1.29, 1.82) is 0 Å². The van der Waals surface area contributed by atoms with E-state index in [0.717, 1.165) is 7.11 Å². The average molecular weight is 311 g/mol. The normalized spacial score (nSPS) is 13.4. The van der Waals surface area contributed by atoms with E-state index in [2.05, 4.69) is 4.74 Å². The second-order valence-corrected chi connectivity index (χ2v) is 5.61. The molecule has 0 aliphatic carbocycles. The SMILES string of the molecule is COC(=O)C(N)=C1Sc2c(F)c(F)c(F)c(F)c2S1. The first-order valence-electron chi connectivity index (χ1n) is 4.68. The van der Waals surface area contributed by atoms with Crippen LogP contribution in [-0.4, -0.2) is 13.1 Å². The molecule has 0 aromatic heterocycles. The van der Waals surface area contributed by atoms with Crippen LogP contribution < -0.4 is 5.73 Å². The standard InChI is InChI=1S/C10H5F4NO2S2/c1-17-9(16)6(15)10-18-7-4(13)2(11)3(12)5(14)8(7)19-10/h15H2,1H3. The van der Waals surface area contributed by atoms with Gasteiger partial charge >= 0.3 is 5.97 Å². The summed E-state index contributed by atoms with van der Waals surface area (Å²) in [5, 5.41) is 0. The third-order valence-corrected chi connectivity index (χ3v) is 4.81. The van der Waals surface area contributed by atoms with Crippen LogP contribution in [0.3, 0.4) is 0 Å². The average Bonchev–Trinajstić information content (AvgIpc) is 2.86. The predicted octanol–water partition coefficient (Wildman–Crippen LogP) is 2.74. The lowest BCUT2D eigenvalue weighted by atomic mass is 10.3. The number of carbonyl (C=O) groups is 1. The number of ether oxygens (including phenoxy) is 1. The smallest absolute Gasteiger partial charge is 0.355 e. The van der Waals surface area contributed by atoms with Crippen LogP contribution in [0.1, 0.15) is 0 Å². The minimum Gasteiger partial charge on any atom is -0.464 e. The molecule has 0 bridgehead atoms. The van der Waals surface area contributed by atoms with Gasteiger partial charge in [-0.3, -0.25) is 0 Å². The summed E-state index contributed by atoms with van der Waals surface area (Å²) in [6.07, 6.45) is 0. The fraction of sp³-hybridized carbons (Fsp3) is 0.100. The topological polar surface area (TPSA) is 52.3 Å². The van der Waals surface area contributed by atoms with E-state index in [0.29, 0.717) is 23.5 Å². The predicted molar refractivity (Wildman–Crippen MR) is 61.2 cm³/mol. The van der Waals surface area contributed by atoms with E-state index < -0.39 is 39.0 Å². The molecule has 0 spiro atoms. The second kappa shape index (κ2) is 4.97. The first-order valence-corrected chi connectivity index (χ1v) is 6.31. The molecule has 0 amide bonds. The van der Waals surface area contributed by atoms with Gasteiger partial charge in [0.15, 0.2) is 23.3 Å². The van der Waals surface area contributed by atoms with Crippen molar-refractivity contribution in [2.75, 3.05) is 7.11 Å². The number of fused-ring (bicyclic) bond motifs is 1. The van der Waals surface area contributed by atoms with Crippen LogP contribution in [0.15, 0.2) is 19.7 Å². The monoisotopic (exact) mass is 311 g/mol. The van der Waals surface area contributed by atoms with Crippen LogP contribution in [0.2, 0.25) is 0 Å². The van der Waals surface area contributed by atoms with Crippen LogP contribution in [0.5, 0.6) is 0 Å². The number of hydrogen-bond donors (Lipinski definition) is 1. The lowest BCUT2D eigenvalue weighted by molar-refractivity contribution is -0.136. The van der Waals surface area contributed by atoms with E-state index in [-0.39, 0.29) is 9.93 Å². The molecule has 0 radical (unpaired) electrons. The maximum Gasteiger partial charge on any atom is 0.355 e. The van der Waals surface area contributed by atoms with E-state index in [1.54, 1.807) is 0 Å². The molecule has 2 N–H and O–H groups in total. The summed E-state index contributed by atoms with van der Waals surface area (Å²) >= 11 is 1.09. The van der Waals surface area contributed by atoms with Gasteiger partial charge in [0, 0.05) is 0 Å². The zero-order chi connectivity index (χ0) is 14.3. The molecule has 102 valence electrons. The zero-order valence-corrected chi connectivity index (χ0v) is 10.9. The summed E-state index contributed by atoms with van der Waals surface area (Å²) in [7, 11) is 1.08. The van der Waals surface area contributed by atoms with Crippen molar-refractivity contribution in [3.63, 3.8) is 0 Å². The quantitative estimate of drug-likeness (QED) is 0.284. The highest BCUT2D eigenvalue weighted by Crippen LogP contribution is 2.54. The fourth-order valence-electron chi connectivity index (χ4n) is 1.28. The molecule has 1 aliphatic heterocycles. The Bertz CT molecular complexity index is 579. The minimum atomic E-state index is -1.90. The largest absolute Gasteiger partial charge is 0.464 e. The minimum absolute atomic E-state index is 0.00431. The third-order valence-electron chi connectivity index (χ3n) is 2.20. The molecule has 0 fully saturated rings. The van der Waals surface area contributed by atoms with E-state index in [9.17, 15) is 22.4 Å². The number of nitrogens with two attached hydrogens (primary N) is 1. The van der Waals surface area contributed by atoms with Crippen molar-refractivity contribution in [3.8, 4) is 0 Å². The highest BCUT2D eigenvalue weighted by molar-refractivity contribution is 8.24. The molecule has 1 aromatic rings. The zero-order valence-electron chi connectivity index (χ0n) is 9.22. The van der Waals surface area contributed by atoms with Gasteiger partial charge in [0.05, 0.1) is 21.1 Å². The Balaban J connectivity index is 2.55. The van der Waals surface area contributed by atoms with E-state index in [4.69, 9.17) is 5.73 Å². The van der Waals surface area contributed by atoms with E-state index in [1.807, 2.05) is 0 Å². The van der Waals surface area contributed by atoms with Gasteiger partial charge in [-0.05, 0) is 0 Å². The van der Waals surface area contributed by atoms with Gasteiger partial charge in [-0.1, -0.05) is 23.5 Å². The Labute approximate surface area is 113 Å². The molecule has 1 heterocycles. The summed E-state index contributed by atoms with van der Waals surface area (Å²) in [5.41, 5.74) is 5.04. The van der Waals surface area contributed by atoms with Gasteiger partial charge in [-0.15, -0.1) is 0 Å². The second-order valence-electron chi connectivity index (χ2n) is 3.31. The van der Waals surface area contributed by atoms with Gasteiger partial charge < -0.3 is 10.5 Å². The highest BCUT2D eigenvalue weighted by atomic mass is 32.2. The Kier molecular flexibility index (Phi) is 3.68. The number of hydrogen-bond acceptors (Lipinski definition) is 5. The summed E-state index contributed by atoms with van der Waals surface area (Å²) in [5.74, 6) is -7.73. The summed E-state index contributed by atoms with van der Waals surface area (Å²) in [6, 6.07) is 0. The molecular formula is C10H5F4NO2S2. The Morgan fingerprint density at radius 3 is 1.79 bits per heavy atom. The van der Waals surface area contributed by atoms with E-state index in [1.165, 1.54) is 0 Å². The molecular weight excluding hydrogens is 306 g/mol. The molecule has 1 aromatic carbocycles. The first kappa shape index (κ1) is 14.1. The molecule has 2 rings (SSSR count). The van der Waals surface area contributed by atoms with Gasteiger partial charge in [-0.2, -0.15) is 0 Å². The Morgan fingerprint density at radius 1 is 1.00 bits per heavy atom. The number of rotatable bonds is 1. The number of esters is 1. The van der Waals surface area contributed by atoms with Gasteiger partial charge in [0.2, 0.25) is 0 Å². The van der Waals surface area contributed by atoms with Crippen molar-refractivity contribution in [3.05, 3.63) is 33.2 Å². The van der Waals surface area contributed by atoms with Gasteiger partial charge in [-0.25, -0.2) is 22.4 Å². The third kappa shape index (κ3) is 2.16. The Hall–Kier alpha value is -1.35. The highest BCUT2D eigenvalue weighted by Gasteiger charge is 2.33. The van der Waals surface area contributed by atoms with Gasteiger partial charge in [0.25, 0.3) is 0 Å². The van der Waals surface area contributed by atoms with Crippen LogP contribution >= 0.6 is 23.5 Å². The number of thioether (sulfide) groups is 2. The maximum absolute atomic E-state index is 13.5. The lowest BCUT2D eigenvalue weighted by Gasteiger charge is -2.02. The van der Waals surface area contributed by atoms with Gasteiger partial charge in [0.1, 0.15) is 5.70 Å². The summed E-state index contributed by atoms with van der Waals surface area (Å²) in [4.78, 5) is 10.3. The van der Waals surface area contributed by atoms with Crippen LogP contribution in [0.4, 0.5) is 17.6 Å². The van der Waals surface area contributed by atoms with Crippen molar-refractivity contribution in [1.82, 2.24) is 0 Å². The number of carbonyl (C=O) groups excluding carboxylic acids is 1. The van der Waals surface area contributed by atoms with Crippen molar-refractivity contribution in [2.24, 2.45) is 5.73 Å². The molecule has 0 atom stereocenters. The van der Waals surface area contributed by atoms with E-state index >= 15 is 0 Å². The Morgan fingerprint density at radius 2 is 1.42 bits per heavy atom.